The molecule has 0 N–H and O–H groups in total. The number of carbonyl (C=O) groups excluding carboxylic acids is 2. The van der Waals surface area contributed by atoms with Gasteiger partial charge in [-0.1, -0.05) is 27.7 Å². The van der Waals surface area contributed by atoms with Gasteiger partial charge in [0, 0.05) is 11.9 Å². The number of rotatable bonds is 0. The van der Waals surface area contributed by atoms with Gasteiger partial charge in [-0.2, -0.15) is 0 Å². The van der Waals surface area contributed by atoms with Crippen molar-refractivity contribution in [2.45, 2.75) is 53.8 Å². The van der Waals surface area contributed by atoms with Crippen molar-refractivity contribution in [1.29, 1.82) is 0 Å². The first kappa shape index (κ1) is 30.0. The van der Waals surface area contributed by atoms with E-state index in [4.69, 9.17) is 19.8 Å². The van der Waals surface area contributed by atoms with Crippen molar-refractivity contribution in [3.8, 4) is 0 Å². The van der Waals surface area contributed by atoms with E-state index in [1.807, 2.05) is 0 Å². The van der Waals surface area contributed by atoms with Crippen LogP contribution in [0.5, 0.6) is 0 Å². The maximum atomic E-state index is 9.53. The second kappa shape index (κ2) is 24.7. The molecule has 0 saturated carbocycles. The van der Waals surface area contributed by atoms with Crippen LogP contribution in [0.25, 0.3) is 0 Å². The van der Waals surface area contributed by atoms with Crippen LogP contribution in [0.3, 0.4) is 0 Å². The van der Waals surface area contributed by atoms with Crippen LogP contribution in [0.2, 0.25) is 0 Å². The van der Waals surface area contributed by atoms with Gasteiger partial charge in [0.25, 0.3) is 0 Å². The Bertz CT molecular complexity index is 127. The molecule has 0 aromatic heterocycles. The normalized spacial score (nSPS) is 7.18. The van der Waals surface area contributed by atoms with Crippen LogP contribution in [0.4, 0.5) is 0 Å². The van der Waals surface area contributed by atoms with Gasteiger partial charge < -0.3 is 30.0 Å². The Hall–Kier alpha value is -0.426. The summed E-state index contributed by atoms with van der Waals surface area (Å²) in [5, 5.41) is 36.8. The van der Waals surface area contributed by atoms with Gasteiger partial charge in [0.2, 0.25) is 0 Å². The Morgan fingerprint density at radius 2 is 0.765 bits per heavy atom. The summed E-state index contributed by atoms with van der Waals surface area (Å²) in [7, 11) is 0. The topological polar surface area (TPSA) is 126 Å². The Balaban J connectivity index is -0.0000000369. The summed E-state index contributed by atoms with van der Waals surface area (Å²) in [6.07, 6.45) is -0.833. The minimum absolute atomic E-state index is 0. The van der Waals surface area contributed by atoms with E-state index in [1.165, 1.54) is 0 Å². The molecule has 0 aromatic carbocycles. The molecule has 100 valence electrons. The van der Waals surface area contributed by atoms with E-state index in [1.54, 1.807) is 27.7 Å². The molecular weight excluding hydrogens is 264 g/mol. The Labute approximate surface area is 118 Å². The quantitative estimate of drug-likeness (QED) is 0.437. The van der Waals surface area contributed by atoms with Crippen molar-refractivity contribution in [2.24, 2.45) is 0 Å². The largest absolute Gasteiger partial charge is 4.00 e. The summed E-state index contributed by atoms with van der Waals surface area (Å²) < 4.78 is 0. The van der Waals surface area contributed by atoms with E-state index in [9.17, 15) is 10.2 Å². The predicted molar refractivity (Wildman–Crippen MR) is 51.6 cm³/mol. The number of carboxylic acid groups (broad SMARTS) is 2. The second-order valence-electron chi connectivity index (χ2n) is 3.08. The average molecular weight is 284 g/mol. The molecule has 0 aliphatic rings. The fourth-order valence-corrected chi connectivity index (χ4v) is 0. The molecule has 0 heterocycles. The number of carbonyl (C=O) groups is 2. The molecule has 0 amide bonds. The zero-order valence-corrected chi connectivity index (χ0v) is 12.7. The Kier molecular flexibility index (Phi) is 43.6. The SMILES string of the molecule is CC(=O)[O-].CC(=O)[O-].CC(C)[O-].CC(C)[O-].[Ti+4]. The third kappa shape index (κ3) is 15800. The monoisotopic (exact) mass is 284 g/mol. The van der Waals surface area contributed by atoms with Crippen molar-refractivity contribution in [1.82, 2.24) is 0 Å². The van der Waals surface area contributed by atoms with Gasteiger partial charge in [-0.25, -0.2) is 0 Å². The summed E-state index contributed by atoms with van der Waals surface area (Å²) >= 11 is 0. The number of hydrogen-bond acceptors (Lipinski definition) is 6. The first-order valence-electron chi connectivity index (χ1n) is 4.60. The molecule has 7 heteroatoms. The van der Waals surface area contributed by atoms with Gasteiger partial charge in [0.15, 0.2) is 0 Å². The summed E-state index contributed by atoms with van der Waals surface area (Å²) in [4.78, 5) is 17.8. The predicted octanol–water partition coefficient (Wildman–Crippen LogP) is -2.98. The summed E-state index contributed by atoms with van der Waals surface area (Å²) in [6.45, 7) is 8.39. The second-order valence-corrected chi connectivity index (χ2v) is 3.08. The molecule has 0 aliphatic carbocycles. The standard InChI is InChI=1S/2C3H7O.2C2H4O2.Ti/c2*1-3(2)4;2*1-2(3)4;/h2*3H,1-2H3;2*1H3,(H,3,4);/q2*-1;;;+4/p-2. The smallest absolute Gasteiger partial charge is 0.852 e. The van der Waals surface area contributed by atoms with Crippen molar-refractivity contribution < 1.29 is 51.7 Å². The summed E-state index contributed by atoms with van der Waals surface area (Å²) in [6, 6.07) is 0. The van der Waals surface area contributed by atoms with E-state index < -0.39 is 24.1 Å². The van der Waals surface area contributed by atoms with Crippen molar-refractivity contribution in [3.63, 3.8) is 0 Å². The van der Waals surface area contributed by atoms with Crippen molar-refractivity contribution >= 4 is 11.9 Å². The van der Waals surface area contributed by atoms with Crippen LogP contribution in [-0.2, 0) is 31.3 Å². The Morgan fingerprint density at radius 1 is 0.765 bits per heavy atom. The zero-order valence-electron chi connectivity index (χ0n) is 11.1. The maximum Gasteiger partial charge on any atom is 4.00 e. The van der Waals surface area contributed by atoms with E-state index in [-0.39, 0.29) is 21.7 Å². The van der Waals surface area contributed by atoms with Gasteiger partial charge in [-0.15, -0.1) is 12.2 Å². The fraction of sp³-hybridized carbons (Fsp3) is 0.800. The minimum Gasteiger partial charge on any atom is -0.852 e. The van der Waals surface area contributed by atoms with Crippen molar-refractivity contribution in [3.05, 3.63) is 0 Å². The van der Waals surface area contributed by atoms with Crippen LogP contribution in [0, 0.1) is 0 Å². The molecule has 0 saturated heterocycles. The van der Waals surface area contributed by atoms with Gasteiger partial charge in [-0.05, 0) is 13.8 Å². The third-order valence-corrected chi connectivity index (χ3v) is 0. The van der Waals surface area contributed by atoms with E-state index in [2.05, 4.69) is 0 Å². The minimum atomic E-state index is -1.08. The molecule has 0 radical (unpaired) electrons. The van der Waals surface area contributed by atoms with E-state index in [0.717, 1.165) is 13.8 Å². The summed E-state index contributed by atoms with van der Waals surface area (Å²) in [5.41, 5.74) is 0. The van der Waals surface area contributed by atoms with Gasteiger partial charge in [-0.3, -0.25) is 0 Å². The third-order valence-electron chi connectivity index (χ3n) is 0. The van der Waals surface area contributed by atoms with Gasteiger partial charge >= 0.3 is 21.7 Å². The molecule has 0 atom stereocenters. The van der Waals surface area contributed by atoms with Gasteiger partial charge in [0.05, 0.1) is 0 Å². The van der Waals surface area contributed by atoms with Crippen LogP contribution < -0.4 is 20.4 Å². The molecular formula is C10H20O6Ti. The molecule has 0 unspecified atom stereocenters. The van der Waals surface area contributed by atoms with Gasteiger partial charge in [0.1, 0.15) is 0 Å². The number of carboxylic acids is 2. The van der Waals surface area contributed by atoms with E-state index in [0.29, 0.717) is 0 Å². The van der Waals surface area contributed by atoms with E-state index >= 15 is 0 Å². The number of hydrogen-bond donors (Lipinski definition) is 0. The van der Waals surface area contributed by atoms with Crippen molar-refractivity contribution in [2.75, 3.05) is 0 Å². The molecule has 0 fully saturated rings. The Morgan fingerprint density at radius 3 is 0.765 bits per heavy atom. The molecule has 0 aromatic rings. The fourth-order valence-electron chi connectivity index (χ4n) is 0. The van der Waals surface area contributed by atoms with Crippen LogP contribution in [0.1, 0.15) is 41.5 Å². The molecule has 0 bridgehead atoms. The molecule has 17 heavy (non-hydrogen) atoms. The molecule has 0 aliphatic heterocycles. The summed E-state index contributed by atoms with van der Waals surface area (Å²) in [5.74, 6) is -2.17. The molecule has 0 rings (SSSR count). The molecule has 0 spiro atoms. The maximum absolute atomic E-state index is 9.53. The molecule has 6 nitrogen and oxygen atoms in total. The average Bonchev–Trinajstić information content (AvgIpc) is 1.76. The van der Waals surface area contributed by atoms with Crippen LogP contribution in [0.15, 0.2) is 0 Å². The van der Waals surface area contributed by atoms with Crippen LogP contribution >= 0.6 is 0 Å². The van der Waals surface area contributed by atoms with Crippen LogP contribution in [-0.4, -0.2) is 24.1 Å². The number of aliphatic carboxylic acids is 2. The first-order chi connectivity index (χ1) is 6.93. The first-order valence-corrected chi connectivity index (χ1v) is 4.60. The zero-order chi connectivity index (χ0) is 14.3.